The molecule has 3 N–H and O–H groups in total. The molecule has 0 saturated carbocycles. The molecule has 0 aromatic carbocycles. The second-order valence-corrected chi connectivity index (χ2v) is 4.12. The van der Waals surface area contributed by atoms with Crippen LogP contribution < -0.4 is 10.6 Å². The molecule has 2 heterocycles. The normalized spacial score (nSPS) is 34.2. The fourth-order valence-electron chi connectivity index (χ4n) is 2.62. The Labute approximate surface area is 73.5 Å². The van der Waals surface area contributed by atoms with Crippen molar-refractivity contribution in [3.05, 3.63) is 0 Å². The Bertz CT molecular complexity index is 155. The standard InChI is InChI=1S/C9H18N2O/c12-6-8-5-11-7-9(8)1-3-10-4-2-9/h8,10-12H,1-7H2. The van der Waals surface area contributed by atoms with Gasteiger partial charge in [0.1, 0.15) is 0 Å². The van der Waals surface area contributed by atoms with Crippen LogP contribution in [0.15, 0.2) is 0 Å². The highest BCUT2D eigenvalue weighted by atomic mass is 16.3. The third-order valence-corrected chi connectivity index (χ3v) is 3.55. The van der Waals surface area contributed by atoms with Crippen molar-refractivity contribution in [2.24, 2.45) is 11.3 Å². The molecule has 70 valence electrons. The maximum atomic E-state index is 9.22. The average molecular weight is 170 g/mol. The molecule has 2 aliphatic rings. The van der Waals surface area contributed by atoms with Gasteiger partial charge in [-0.05, 0) is 31.3 Å². The smallest absolute Gasteiger partial charge is 0.0477 e. The van der Waals surface area contributed by atoms with Crippen molar-refractivity contribution in [2.45, 2.75) is 12.8 Å². The summed E-state index contributed by atoms with van der Waals surface area (Å²) in [5.41, 5.74) is 0.417. The van der Waals surface area contributed by atoms with E-state index in [0.717, 1.165) is 26.2 Å². The molecular formula is C9H18N2O. The van der Waals surface area contributed by atoms with Gasteiger partial charge in [-0.2, -0.15) is 0 Å². The maximum Gasteiger partial charge on any atom is 0.0477 e. The highest BCUT2D eigenvalue weighted by Gasteiger charge is 2.42. The lowest BCUT2D eigenvalue weighted by atomic mass is 9.71. The Hall–Kier alpha value is -0.120. The van der Waals surface area contributed by atoms with Crippen LogP contribution in [-0.4, -0.2) is 37.9 Å². The summed E-state index contributed by atoms with van der Waals surface area (Å²) in [6, 6.07) is 0. The van der Waals surface area contributed by atoms with Crippen molar-refractivity contribution in [3.63, 3.8) is 0 Å². The summed E-state index contributed by atoms with van der Waals surface area (Å²) in [4.78, 5) is 0. The molecule has 0 aromatic rings. The van der Waals surface area contributed by atoms with Crippen LogP contribution in [0.1, 0.15) is 12.8 Å². The molecule has 2 aliphatic heterocycles. The van der Waals surface area contributed by atoms with Gasteiger partial charge >= 0.3 is 0 Å². The molecule has 3 nitrogen and oxygen atoms in total. The molecule has 2 rings (SSSR count). The van der Waals surface area contributed by atoms with Gasteiger partial charge in [-0.1, -0.05) is 0 Å². The number of hydrogen-bond acceptors (Lipinski definition) is 3. The van der Waals surface area contributed by atoms with E-state index in [1.54, 1.807) is 0 Å². The molecule has 0 amide bonds. The molecule has 1 spiro atoms. The average Bonchev–Trinajstić information content (AvgIpc) is 2.49. The Balaban J connectivity index is 2.05. The first-order valence-electron chi connectivity index (χ1n) is 4.90. The van der Waals surface area contributed by atoms with Crippen LogP contribution in [0.2, 0.25) is 0 Å². The van der Waals surface area contributed by atoms with Gasteiger partial charge in [-0.3, -0.25) is 0 Å². The third-order valence-electron chi connectivity index (χ3n) is 3.55. The van der Waals surface area contributed by atoms with Crippen LogP contribution in [0, 0.1) is 11.3 Å². The van der Waals surface area contributed by atoms with Crippen LogP contribution >= 0.6 is 0 Å². The SMILES string of the molecule is OCC1CNCC12CCNCC2. The molecular weight excluding hydrogens is 152 g/mol. The quantitative estimate of drug-likeness (QED) is 0.500. The van der Waals surface area contributed by atoms with Gasteiger partial charge in [0, 0.05) is 25.6 Å². The van der Waals surface area contributed by atoms with Gasteiger partial charge in [0.05, 0.1) is 0 Å². The van der Waals surface area contributed by atoms with Crippen molar-refractivity contribution in [2.75, 3.05) is 32.8 Å². The van der Waals surface area contributed by atoms with Crippen molar-refractivity contribution >= 4 is 0 Å². The highest BCUT2D eigenvalue weighted by molar-refractivity contribution is 4.97. The number of aliphatic hydroxyl groups excluding tert-OH is 1. The molecule has 2 fully saturated rings. The van der Waals surface area contributed by atoms with Crippen LogP contribution in [-0.2, 0) is 0 Å². The van der Waals surface area contributed by atoms with Gasteiger partial charge in [-0.25, -0.2) is 0 Å². The van der Waals surface area contributed by atoms with E-state index in [-0.39, 0.29) is 0 Å². The fourth-order valence-corrected chi connectivity index (χ4v) is 2.62. The van der Waals surface area contributed by atoms with E-state index in [0.29, 0.717) is 17.9 Å². The Morgan fingerprint density at radius 2 is 2.00 bits per heavy atom. The minimum atomic E-state index is 0.354. The van der Waals surface area contributed by atoms with E-state index in [1.165, 1.54) is 12.8 Å². The summed E-state index contributed by atoms with van der Waals surface area (Å²) >= 11 is 0. The van der Waals surface area contributed by atoms with E-state index in [2.05, 4.69) is 10.6 Å². The van der Waals surface area contributed by atoms with Crippen LogP contribution in [0.3, 0.4) is 0 Å². The zero-order valence-electron chi connectivity index (χ0n) is 7.47. The summed E-state index contributed by atoms with van der Waals surface area (Å²) in [7, 11) is 0. The first-order chi connectivity index (χ1) is 5.87. The van der Waals surface area contributed by atoms with Crippen LogP contribution in [0.5, 0.6) is 0 Å². The minimum absolute atomic E-state index is 0.354. The summed E-state index contributed by atoms with van der Waals surface area (Å²) in [6.45, 7) is 4.72. The largest absolute Gasteiger partial charge is 0.396 e. The Morgan fingerprint density at radius 3 is 2.67 bits per heavy atom. The molecule has 12 heavy (non-hydrogen) atoms. The zero-order chi connectivity index (χ0) is 8.44. The number of rotatable bonds is 1. The summed E-state index contributed by atoms with van der Waals surface area (Å²) in [5, 5.41) is 16.0. The van der Waals surface area contributed by atoms with Gasteiger partial charge in [0.15, 0.2) is 0 Å². The topological polar surface area (TPSA) is 44.3 Å². The van der Waals surface area contributed by atoms with Crippen molar-refractivity contribution in [1.82, 2.24) is 10.6 Å². The van der Waals surface area contributed by atoms with E-state index in [9.17, 15) is 5.11 Å². The van der Waals surface area contributed by atoms with Gasteiger partial charge in [-0.15, -0.1) is 0 Å². The number of piperidine rings is 1. The fraction of sp³-hybridized carbons (Fsp3) is 1.00. The first kappa shape index (κ1) is 8.48. The molecule has 2 saturated heterocycles. The van der Waals surface area contributed by atoms with Crippen molar-refractivity contribution in [1.29, 1.82) is 0 Å². The van der Waals surface area contributed by atoms with E-state index >= 15 is 0 Å². The lowest BCUT2D eigenvalue weighted by Gasteiger charge is -2.37. The number of aliphatic hydroxyl groups is 1. The lowest BCUT2D eigenvalue weighted by molar-refractivity contribution is 0.0998. The second kappa shape index (κ2) is 3.32. The molecule has 0 aliphatic carbocycles. The van der Waals surface area contributed by atoms with Crippen LogP contribution in [0.4, 0.5) is 0 Å². The highest BCUT2D eigenvalue weighted by Crippen LogP contribution is 2.39. The van der Waals surface area contributed by atoms with E-state index < -0.39 is 0 Å². The predicted molar refractivity (Wildman–Crippen MR) is 48.0 cm³/mol. The third kappa shape index (κ3) is 1.26. The Kier molecular flexibility index (Phi) is 2.35. The van der Waals surface area contributed by atoms with E-state index in [4.69, 9.17) is 0 Å². The monoisotopic (exact) mass is 170 g/mol. The number of nitrogens with one attached hydrogen (secondary N) is 2. The molecule has 0 aromatic heterocycles. The Morgan fingerprint density at radius 1 is 1.25 bits per heavy atom. The van der Waals surface area contributed by atoms with E-state index in [1.807, 2.05) is 0 Å². The van der Waals surface area contributed by atoms with Crippen LogP contribution in [0.25, 0.3) is 0 Å². The summed E-state index contributed by atoms with van der Waals surface area (Å²) in [5.74, 6) is 0.500. The van der Waals surface area contributed by atoms with Gasteiger partial charge < -0.3 is 15.7 Å². The summed E-state index contributed by atoms with van der Waals surface area (Å²) in [6.07, 6.45) is 2.45. The predicted octanol–water partition coefficient (Wildman–Crippen LogP) is -0.432. The molecule has 1 atom stereocenters. The summed E-state index contributed by atoms with van der Waals surface area (Å²) < 4.78 is 0. The molecule has 0 radical (unpaired) electrons. The van der Waals surface area contributed by atoms with Crippen molar-refractivity contribution in [3.8, 4) is 0 Å². The molecule has 1 unspecified atom stereocenters. The first-order valence-corrected chi connectivity index (χ1v) is 4.90. The zero-order valence-corrected chi connectivity index (χ0v) is 7.47. The number of hydrogen-bond donors (Lipinski definition) is 3. The van der Waals surface area contributed by atoms with Gasteiger partial charge in [0.2, 0.25) is 0 Å². The molecule has 3 heteroatoms. The lowest BCUT2D eigenvalue weighted by Crippen LogP contribution is -2.42. The molecule has 0 bridgehead atoms. The van der Waals surface area contributed by atoms with Gasteiger partial charge in [0.25, 0.3) is 0 Å². The van der Waals surface area contributed by atoms with Crippen molar-refractivity contribution < 1.29 is 5.11 Å². The second-order valence-electron chi connectivity index (χ2n) is 4.12. The minimum Gasteiger partial charge on any atom is -0.396 e. The maximum absolute atomic E-state index is 9.22.